The molecule has 0 bridgehead atoms. The van der Waals surface area contributed by atoms with Crippen molar-refractivity contribution >= 4 is 29.3 Å². The summed E-state index contributed by atoms with van der Waals surface area (Å²) < 4.78 is 7.15. The number of thioether (sulfide) groups is 1. The first-order valence-electron chi connectivity index (χ1n) is 9.01. The number of carbonyl (C=O) groups is 1. The SMILES string of the molecule is CCCCOC(=O)CSc1nnc(-c2ccncc2)n1-c1cccc(Cl)c1C. The molecule has 0 atom stereocenters. The molecule has 0 N–H and O–H groups in total. The van der Waals surface area contributed by atoms with Crippen LogP contribution in [-0.2, 0) is 9.53 Å². The lowest BCUT2D eigenvalue weighted by Crippen LogP contribution is -2.09. The van der Waals surface area contributed by atoms with Gasteiger partial charge in [-0.15, -0.1) is 10.2 Å². The highest BCUT2D eigenvalue weighted by Crippen LogP contribution is 2.31. The molecule has 146 valence electrons. The number of esters is 1. The predicted molar refractivity (Wildman–Crippen MR) is 111 cm³/mol. The van der Waals surface area contributed by atoms with Crippen LogP contribution in [0.25, 0.3) is 17.1 Å². The standard InChI is InChI=1S/C20H21ClN4O2S/c1-3-4-12-27-18(26)13-28-20-24-23-19(15-8-10-22-11-9-15)25(20)17-7-5-6-16(21)14(17)2/h5-11H,3-4,12-13H2,1-2H3. The van der Waals surface area contributed by atoms with Gasteiger partial charge in [0, 0.05) is 23.0 Å². The smallest absolute Gasteiger partial charge is 0.316 e. The molecule has 1 aromatic carbocycles. The molecule has 0 aliphatic heterocycles. The van der Waals surface area contributed by atoms with Gasteiger partial charge in [0.25, 0.3) is 0 Å². The number of hydrogen-bond acceptors (Lipinski definition) is 6. The normalized spacial score (nSPS) is 10.8. The van der Waals surface area contributed by atoms with Crippen molar-refractivity contribution in [1.82, 2.24) is 19.7 Å². The molecule has 0 aliphatic rings. The first kappa shape index (κ1) is 20.4. The van der Waals surface area contributed by atoms with Crippen molar-refractivity contribution in [3.63, 3.8) is 0 Å². The van der Waals surface area contributed by atoms with Gasteiger partial charge in [-0.2, -0.15) is 0 Å². The Morgan fingerprint density at radius 1 is 1.21 bits per heavy atom. The van der Waals surface area contributed by atoms with E-state index in [-0.39, 0.29) is 11.7 Å². The number of rotatable bonds is 8. The number of hydrogen-bond donors (Lipinski definition) is 0. The Kier molecular flexibility index (Phi) is 7.06. The third-order valence-corrected chi connectivity index (χ3v) is 5.44. The van der Waals surface area contributed by atoms with E-state index in [1.165, 1.54) is 11.8 Å². The minimum absolute atomic E-state index is 0.164. The molecule has 6 nitrogen and oxygen atoms in total. The van der Waals surface area contributed by atoms with Crippen LogP contribution >= 0.6 is 23.4 Å². The molecule has 2 aromatic heterocycles. The monoisotopic (exact) mass is 416 g/mol. The Balaban J connectivity index is 1.94. The van der Waals surface area contributed by atoms with Crippen molar-refractivity contribution < 1.29 is 9.53 Å². The largest absolute Gasteiger partial charge is 0.465 e. The van der Waals surface area contributed by atoms with Crippen LogP contribution in [0.2, 0.25) is 5.02 Å². The molecule has 28 heavy (non-hydrogen) atoms. The third kappa shape index (κ3) is 4.72. The van der Waals surface area contributed by atoms with E-state index in [4.69, 9.17) is 16.3 Å². The maximum Gasteiger partial charge on any atom is 0.316 e. The van der Waals surface area contributed by atoms with E-state index < -0.39 is 0 Å². The van der Waals surface area contributed by atoms with Crippen molar-refractivity contribution in [3.8, 4) is 17.1 Å². The average molecular weight is 417 g/mol. The number of carbonyl (C=O) groups excluding carboxylic acids is 1. The van der Waals surface area contributed by atoms with E-state index >= 15 is 0 Å². The maximum atomic E-state index is 12.0. The summed E-state index contributed by atoms with van der Waals surface area (Å²) in [4.78, 5) is 16.1. The zero-order chi connectivity index (χ0) is 19.9. The first-order valence-corrected chi connectivity index (χ1v) is 10.4. The van der Waals surface area contributed by atoms with E-state index in [1.54, 1.807) is 12.4 Å². The quantitative estimate of drug-likeness (QED) is 0.300. The first-order chi connectivity index (χ1) is 13.6. The molecule has 3 aromatic rings. The van der Waals surface area contributed by atoms with E-state index in [9.17, 15) is 4.79 Å². The van der Waals surface area contributed by atoms with E-state index in [0.29, 0.717) is 22.6 Å². The van der Waals surface area contributed by atoms with Crippen LogP contribution in [0, 0.1) is 6.92 Å². The Morgan fingerprint density at radius 2 is 2.00 bits per heavy atom. The number of pyridine rings is 1. The lowest BCUT2D eigenvalue weighted by atomic mass is 10.2. The second-order valence-electron chi connectivity index (χ2n) is 6.12. The van der Waals surface area contributed by atoms with E-state index in [1.807, 2.05) is 41.8 Å². The fourth-order valence-electron chi connectivity index (χ4n) is 2.60. The zero-order valence-corrected chi connectivity index (χ0v) is 17.3. The van der Waals surface area contributed by atoms with E-state index in [2.05, 4.69) is 22.1 Å². The van der Waals surface area contributed by atoms with Gasteiger partial charge in [-0.1, -0.05) is 42.8 Å². The Morgan fingerprint density at radius 3 is 2.75 bits per heavy atom. The van der Waals surface area contributed by atoms with Crippen molar-refractivity contribution in [2.24, 2.45) is 0 Å². The number of nitrogens with zero attached hydrogens (tertiary/aromatic N) is 4. The minimum Gasteiger partial charge on any atom is -0.465 e. The number of halogens is 1. The molecule has 0 saturated carbocycles. The summed E-state index contributed by atoms with van der Waals surface area (Å²) in [5.74, 6) is 0.563. The highest BCUT2D eigenvalue weighted by Gasteiger charge is 2.19. The van der Waals surface area contributed by atoms with Crippen LogP contribution < -0.4 is 0 Å². The van der Waals surface area contributed by atoms with Gasteiger partial charge < -0.3 is 4.74 Å². The topological polar surface area (TPSA) is 69.9 Å². The number of aromatic nitrogens is 4. The van der Waals surface area contributed by atoms with E-state index in [0.717, 1.165) is 29.7 Å². The van der Waals surface area contributed by atoms with Crippen LogP contribution in [0.3, 0.4) is 0 Å². The van der Waals surface area contributed by atoms with Crippen LogP contribution in [0.15, 0.2) is 47.9 Å². The lowest BCUT2D eigenvalue weighted by Gasteiger charge is -2.13. The number of unbranched alkanes of at least 4 members (excludes halogenated alkanes) is 1. The van der Waals surface area contributed by atoms with Gasteiger partial charge in [0.2, 0.25) is 0 Å². The summed E-state index contributed by atoms with van der Waals surface area (Å²) in [6.45, 7) is 4.44. The minimum atomic E-state index is -0.263. The van der Waals surface area contributed by atoms with Crippen LogP contribution in [0.4, 0.5) is 0 Å². The number of benzene rings is 1. The summed E-state index contributed by atoms with van der Waals surface area (Å²) in [5, 5.41) is 9.92. The summed E-state index contributed by atoms with van der Waals surface area (Å²) in [5.41, 5.74) is 2.65. The Bertz CT molecular complexity index is 947. The molecule has 0 unspecified atom stereocenters. The van der Waals surface area contributed by atoms with Gasteiger partial charge in [0.15, 0.2) is 11.0 Å². The highest BCUT2D eigenvalue weighted by molar-refractivity contribution is 7.99. The van der Waals surface area contributed by atoms with Crippen LogP contribution in [0.1, 0.15) is 25.3 Å². The fraction of sp³-hybridized carbons (Fsp3) is 0.300. The molecule has 8 heteroatoms. The zero-order valence-electron chi connectivity index (χ0n) is 15.8. The summed E-state index contributed by atoms with van der Waals surface area (Å²) in [7, 11) is 0. The molecule has 0 radical (unpaired) electrons. The molecule has 0 saturated heterocycles. The van der Waals surface area contributed by atoms with Gasteiger partial charge in [-0.05, 0) is 43.2 Å². The van der Waals surface area contributed by atoms with Crippen molar-refractivity contribution in [3.05, 3.63) is 53.3 Å². The Labute approximate surface area is 173 Å². The maximum absolute atomic E-state index is 12.0. The van der Waals surface area contributed by atoms with Gasteiger partial charge in [-0.3, -0.25) is 14.3 Å². The Hall–Kier alpha value is -2.38. The molecule has 3 rings (SSSR count). The fourth-order valence-corrected chi connectivity index (χ4v) is 3.51. The second-order valence-corrected chi connectivity index (χ2v) is 7.47. The highest BCUT2D eigenvalue weighted by atomic mass is 35.5. The third-order valence-electron chi connectivity index (χ3n) is 4.13. The molecule has 0 fully saturated rings. The summed E-state index contributed by atoms with van der Waals surface area (Å²) >= 11 is 7.63. The lowest BCUT2D eigenvalue weighted by molar-refractivity contribution is -0.140. The molecular formula is C20H21ClN4O2S. The second kappa shape index (κ2) is 9.71. The molecule has 0 aliphatic carbocycles. The van der Waals surface area contributed by atoms with Gasteiger partial charge >= 0.3 is 5.97 Å². The van der Waals surface area contributed by atoms with Gasteiger partial charge in [0.1, 0.15) is 0 Å². The summed E-state index contributed by atoms with van der Waals surface area (Å²) in [6, 6.07) is 9.42. The predicted octanol–water partition coefficient (Wildman–Crippen LogP) is 4.73. The molecule has 0 spiro atoms. The molecule has 0 amide bonds. The van der Waals surface area contributed by atoms with Crippen LogP contribution in [0.5, 0.6) is 0 Å². The number of ether oxygens (including phenoxy) is 1. The van der Waals surface area contributed by atoms with Gasteiger partial charge in [0.05, 0.1) is 18.0 Å². The van der Waals surface area contributed by atoms with Crippen molar-refractivity contribution in [2.45, 2.75) is 31.8 Å². The van der Waals surface area contributed by atoms with Gasteiger partial charge in [-0.25, -0.2) is 0 Å². The molecular weight excluding hydrogens is 396 g/mol. The summed E-state index contributed by atoms with van der Waals surface area (Å²) in [6.07, 6.45) is 5.26. The average Bonchev–Trinajstić information content (AvgIpc) is 3.13. The van der Waals surface area contributed by atoms with Crippen molar-refractivity contribution in [2.75, 3.05) is 12.4 Å². The van der Waals surface area contributed by atoms with Crippen molar-refractivity contribution in [1.29, 1.82) is 0 Å². The van der Waals surface area contributed by atoms with Crippen LogP contribution in [-0.4, -0.2) is 38.1 Å². The molecule has 2 heterocycles.